The molecule has 18 heavy (non-hydrogen) atoms. The van der Waals surface area contributed by atoms with Crippen molar-refractivity contribution in [3.8, 4) is 11.3 Å². The van der Waals surface area contributed by atoms with Crippen LogP contribution in [0.3, 0.4) is 0 Å². The highest BCUT2D eigenvalue weighted by Crippen LogP contribution is 2.23. The van der Waals surface area contributed by atoms with Crippen molar-refractivity contribution in [1.82, 2.24) is 15.1 Å². The van der Waals surface area contributed by atoms with Gasteiger partial charge in [0, 0.05) is 17.1 Å². The summed E-state index contributed by atoms with van der Waals surface area (Å²) in [6, 6.07) is 7.83. The molecule has 0 radical (unpaired) electrons. The Bertz CT molecular complexity index is 490. The highest BCUT2D eigenvalue weighted by atomic mass is 35.5. The van der Waals surface area contributed by atoms with Crippen molar-refractivity contribution in [3.05, 3.63) is 41.0 Å². The van der Waals surface area contributed by atoms with Gasteiger partial charge in [0.1, 0.15) is 0 Å². The Morgan fingerprint density at radius 3 is 2.67 bits per heavy atom. The zero-order chi connectivity index (χ0) is 13.0. The van der Waals surface area contributed by atoms with Gasteiger partial charge in [-0.1, -0.05) is 30.7 Å². The molecule has 0 bridgehead atoms. The van der Waals surface area contributed by atoms with Crippen LogP contribution >= 0.6 is 11.6 Å². The molecule has 0 saturated heterocycles. The molecule has 0 aliphatic heterocycles. The Labute approximate surface area is 113 Å². The Kier molecular flexibility index (Phi) is 4.39. The van der Waals surface area contributed by atoms with Gasteiger partial charge in [-0.15, -0.1) is 0 Å². The molecule has 2 aromatic rings. The second kappa shape index (κ2) is 6.03. The molecule has 4 heteroatoms. The number of rotatable bonds is 5. The van der Waals surface area contributed by atoms with E-state index in [9.17, 15) is 0 Å². The fraction of sp³-hybridized carbons (Fsp3) is 0.357. The molecule has 1 aromatic carbocycles. The lowest BCUT2D eigenvalue weighted by molar-refractivity contribution is 0.328. The number of H-pyrrole nitrogens is 1. The highest BCUT2D eigenvalue weighted by Gasteiger charge is 2.09. The van der Waals surface area contributed by atoms with Crippen LogP contribution in [-0.2, 0) is 6.54 Å². The van der Waals surface area contributed by atoms with E-state index < -0.39 is 0 Å². The topological polar surface area (TPSA) is 31.9 Å². The summed E-state index contributed by atoms with van der Waals surface area (Å²) in [4.78, 5) is 2.30. The number of hydrogen-bond acceptors (Lipinski definition) is 2. The normalized spacial score (nSPS) is 11.1. The van der Waals surface area contributed by atoms with Gasteiger partial charge in [0.05, 0.1) is 11.9 Å². The fourth-order valence-corrected chi connectivity index (χ4v) is 2.18. The Hall–Kier alpha value is -1.32. The summed E-state index contributed by atoms with van der Waals surface area (Å²) in [5.41, 5.74) is 3.42. The maximum Gasteiger partial charge on any atom is 0.0695 e. The van der Waals surface area contributed by atoms with Gasteiger partial charge in [-0.25, -0.2) is 0 Å². The van der Waals surface area contributed by atoms with E-state index >= 15 is 0 Å². The summed E-state index contributed by atoms with van der Waals surface area (Å²) < 4.78 is 0. The fourth-order valence-electron chi connectivity index (χ4n) is 2.05. The van der Waals surface area contributed by atoms with E-state index in [-0.39, 0.29) is 0 Å². The van der Waals surface area contributed by atoms with E-state index in [2.05, 4.69) is 29.1 Å². The first kappa shape index (κ1) is 13.1. The van der Waals surface area contributed by atoms with Crippen molar-refractivity contribution in [2.75, 3.05) is 13.6 Å². The average molecular weight is 264 g/mol. The molecular weight excluding hydrogens is 246 g/mol. The third-order valence-electron chi connectivity index (χ3n) is 2.90. The van der Waals surface area contributed by atoms with Gasteiger partial charge >= 0.3 is 0 Å². The quantitative estimate of drug-likeness (QED) is 0.894. The van der Waals surface area contributed by atoms with E-state index in [1.807, 2.05) is 30.5 Å². The third-order valence-corrected chi connectivity index (χ3v) is 3.15. The lowest BCUT2D eigenvalue weighted by Gasteiger charge is -2.15. The van der Waals surface area contributed by atoms with Crippen LogP contribution in [0.25, 0.3) is 11.3 Å². The van der Waals surface area contributed by atoms with Gasteiger partial charge in [-0.2, -0.15) is 5.10 Å². The lowest BCUT2D eigenvalue weighted by atomic mass is 10.1. The van der Waals surface area contributed by atoms with Crippen LogP contribution in [0.4, 0.5) is 0 Å². The van der Waals surface area contributed by atoms with Crippen LogP contribution in [0.1, 0.15) is 18.9 Å². The monoisotopic (exact) mass is 263 g/mol. The molecule has 0 aliphatic rings. The van der Waals surface area contributed by atoms with Crippen LogP contribution in [0, 0.1) is 0 Å². The minimum Gasteiger partial charge on any atom is -0.302 e. The summed E-state index contributed by atoms with van der Waals surface area (Å²) in [6.45, 7) is 4.18. The molecule has 1 N–H and O–H groups in total. The molecule has 96 valence electrons. The van der Waals surface area contributed by atoms with Crippen molar-refractivity contribution in [3.63, 3.8) is 0 Å². The Morgan fingerprint density at radius 2 is 2.00 bits per heavy atom. The van der Waals surface area contributed by atoms with Crippen LogP contribution in [-0.4, -0.2) is 28.7 Å². The van der Waals surface area contributed by atoms with Crippen molar-refractivity contribution in [2.24, 2.45) is 0 Å². The molecule has 3 nitrogen and oxygen atoms in total. The summed E-state index contributed by atoms with van der Waals surface area (Å²) >= 11 is 5.90. The number of nitrogens with zero attached hydrogens (tertiary/aromatic N) is 2. The Morgan fingerprint density at radius 1 is 1.28 bits per heavy atom. The number of hydrogen-bond donors (Lipinski definition) is 1. The number of aromatic nitrogens is 2. The van der Waals surface area contributed by atoms with E-state index in [0.29, 0.717) is 0 Å². The Balaban J connectivity index is 2.19. The average Bonchev–Trinajstić information content (AvgIpc) is 2.78. The van der Waals surface area contributed by atoms with Crippen LogP contribution in [0.2, 0.25) is 5.02 Å². The summed E-state index contributed by atoms with van der Waals surface area (Å²) in [6.07, 6.45) is 3.06. The number of halogens is 1. The van der Waals surface area contributed by atoms with Crippen LogP contribution < -0.4 is 0 Å². The van der Waals surface area contributed by atoms with Crippen LogP contribution in [0.15, 0.2) is 30.5 Å². The first-order valence-corrected chi connectivity index (χ1v) is 6.55. The highest BCUT2D eigenvalue weighted by molar-refractivity contribution is 6.30. The first-order valence-electron chi connectivity index (χ1n) is 6.17. The van der Waals surface area contributed by atoms with E-state index in [4.69, 9.17) is 11.6 Å². The smallest absolute Gasteiger partial charge is 0.0695 e. The van der Waals surface area contributed by atoms with Gasteiger partial charge in [0.25, 0.3) is 0 Å². The van der Waals surface area contributed by atoms with Crippen molar-refractivity contribution >= 4 is 11.6 Å². The van der Waals surface area contributed by atoms with Gasteiger partial charge in [-0.3, -0.25) is 5.10 Å². The maximum absolute atomic E-state index is 5.90. The van der Waals surface area contributed by atoms with Crippen molar-refractivity contribution in [2.45, 2.75) is 19.9 Å². The molecule has 1 heterocycles. The molecule has 0 saturated carbocycles. The predicted octanol–water partition coefficient (Wildman–Crippen LogP) is 3.57. The summed E-state index contributed by atoms with van der Waals surface area (Å²) in [5.74, 6) is 0. The molecule has 0 atom stereocenters. The van der Waals surface area contributed by atoms with E-state index in [0.717, 1.165) is 35.8 Å². The molecular formula is C14H18ClN3. The summed E-state index contributed by atoms with van der Waals surface area (Å²) in [7, 11) is 2.13. The molecule has 1 aromatic heterocycles. The van der Waals surface area contributed by atoms with Crippen LogP contribution in [0.5, 0.6) is 0 Å². The minimum absolute atomic E-state index is 0.753. The molecule has 0 fully saturated rings. The maximum atomic E-state index is 5.90. The SMILES string of the molecule is CCCN(C)Cc1cn[nH]c1-c1ccc(Cl)cc1. The molecule has 0 amide bonds. The molecule has 0 unspecified atom stereocenters. The number of aromatic amines is 1. The number of nitrogens with one attached hydrogen (secondary N) is 1. The van der Waals surface area contributed by atoms with Gasteiger partial charge in [-0.05, 0) is 37.7 Å². The van der Waals surface area contributed by atoms with Gasteiger partial charge in [0.2, 0.25) is 0 Å². The van der Waals surface area contributed by atoms with E-state index in [1.165, 1.54) is 5.56 Å². The van der Waals surface area contributed by atoms with Crippen molar-refractivity contribution < 1.29 is 0 Å². The van der Waals surface area contributed by atoms with Gasteiger partial charge < -0.3 is 4.90 Å². The van der Waals surface area contributed by atoms with E-state index in [1.54, 1.807) is 0 Å². The second-order valence-corrected chi connectivity index (χ2v) is 4.95. The predicted molar refractivity (Wildman–Crippen MR) is 75.7 cm³/mol. The standard InChI is InChI=1S/C14H18ClN3/c1-3-8-18(2)10-12-9-16-17-14(12)11-4-6-13(15)7-5-11/h4-7,9H,3,8,10H2,1-2H3,(H,16,17). The molecule has 0 aliphatic carbocycles. The largest absolute Gasteiger partial charge is 0.302 e. The molecule has 0 spiro atoms. The number of benzene rings is 1. The van der Waals surface area contributed by atoms with Gasteiger partial charge in [0.15, 0.2) is 0 Å². The first-order chi connectivity index (χ1) is 8.70. The second-order valence-electron chi connectivity index (χ2n) is 4.51. The zero-order valence-corrected chi connectivity index (χ0v) is 11.5. The summed E-state index contributed by atoms with van der Waals surface area (Å²) in [5, 5.41) is 7.97. The van der Waals surface area contributed by atoms with Crippen molar-refractivity contribution in [1.29, 1.82) is 0 Å². The lowest BCUT2D eigenvalue weighted by Crippen LogP contribution is -2.18. The molecule has 2 rings (SSSR count). The zero-order valence-electron chi connectivity index (χ0n) is 10.8. The minimum atomic E-state index is 0.753. The third kappa shape index (κ3) is 3.12.